The van der Waals surface area contributed by atoms with E-state index in [1.54, 1.807) is 24.4 Å². The lowest BCUT2D eigenvalue weighted by molar-refractivity contribution is -0.136. The summed E-state index contributed by atoms with van der Waals surface area (Å²) >= 11 is 6.38. The van der Waals surface area contributed by atoms with Gasteiger partial charge in [0.05, 0.1) is 11.9 Å². The van der Waals surface area contributed by atoms with Gasteiger partial charge in [-0.15, -0.1) is 0 Å². The zero-order chi connectivity index (χ0) is 27.2. The molecule has 3 aromatic carbocycles. The highest BCUT2D eigenvalue weighted by molar-refractivity contribution is 6.30. The summed E-state index contributed by atoms with van der Waals surface area (Å²) in [6, 6.07) is 16.9. The number of nitrogens with one attached hydrogen (secondary N) is 2. The molecule has 1 heterocycles. The first-order valence-electron chi connectivity index (χ1n) is 12.6. The molecule has 0 radical (unpaired) electrons. The van der Waals surface area contributed by atoms with Gasteiger partial charge < -0.3 is 15.4 Å². The van der Waals surface area contributed by atoms with Crippen molar-refractivity contribution >= 4 is 34.4 Å². The van der Waals surface area contributed by atoms with E-state index < -0.39 is 17.6 Å². The fourth-order valence-electron chi connectivity index (χ4n) is 4.98. The van der Waals surface area contributed by atoms with Crippen LogP contribution in [0, 0.1) is 11.6 Å². The zero-order valence-corrected chi connectivity index (χ0v) is 21.7. The quantitative estimate of drug-likeness (QED) is 0.186. The third kappa shape index (κ3) is 6.22. The number of hydrogen-bond acceptors (Lipinski definition) is 2. The molecule has 0 aliphatic carbocycles. The molecule has 4 rings (SSSR count). The maximum Gasteiger partial charge on any atom is 0.305 e. The van der Waals surface area contributed by atoms with Crippen LogP contribution in [0.4, 0.5) is 8.78 Å². The van der Waals surface area contributed by atoms with Gasteiger partial charge in [-0.25, -0.2) is 8.78 Å². The third-order valence-corrected chi connectivity index (χ3v) is 7.01. The van der Waals surface area contributed by atoms with Crippen molar-refractivity contribution in [1.29, 1.82) is 0 Å². The van der Waals surface area contributed by atoms with Gasteiger partial charge in [-0.05, 0) is 59.4 Å². The number of unbranched alkanes of at least 4 members (excludes halogenated alkanes) is 1. The van der Waals surface area contributed by atoms with Crippen LogP contribution in [0.1, 0.15) is 71.5 Å². The first-order chi connectivity index (χ1) is 18.3. The molecule has 0 fully saturated rings. The standard InChI is InChI=1S/C30H29ClF2N2O3/c1-2-3-7-23(18-8-10-19(11-9-18)30(38)34-13-12-27(36)37)28(20-5-4-6-21(31)14-20)25-17-35-29-24(25)15-22(32)16-26(29)33/h4-6,8-11,14-17,23,28,35H,2-3,7,12-13H2,1H3,(H,34,38)(H,36,37). The Kier molecular flexibility index (Phi) is 8.79. The van der Waals surface area contributed by atoms with Crippen molar-refractivity contribution in [3.05, 3.63) is 106 Å². The molecule has 0 aliphatic heterocycles. The summed E-state index contributed by atoms with van der Waals surface area (Å²) in [6.07, 6.45) is 4.25. The second kappa shape index (κ2) is 12.2. The second-order valence-electron chi connectivity index (χ2n) is 9.36. The van der Waals surface area contributed by atoms with E-state index in [4.69, 9.17) is 16.7 Å². The molecule has 198 valence electrons. The predicted octanol–water partition coefficient (Wildman–Crippen LogP) is 7.41. The Balaban J connectivity index is 1.78. The molecule has 1 amide bonds. The molecule has 4 aromatic rings. The summed E-state index contributed by atoms with van der Waals surface area (Å²) in [7, 11) is 0. The number of H-pyrrole nitrogens is 1. The van der Waals surface area contributed by atoms with Crippen LogP contribution in [0.15, 0.2) is 66.9 Å². The SMILES string of the molecule is CCCCC(c1ccc(C(=O)NCCC(=O)O)cc1)C(c1cccc(Cl)c1)c1c[nH]c2c(F)cc(F)cc12. The van der Waals surface area contributed by atoms with E-state index in [2.05, 4.69) is 17.2 Å². The Hall–Kier alpha value is -3.71. The van der Waals surface area contributed by atoms with Crippen LogP contribution in [-0.4, -0.2) is 28.5 Å². The largest absolute Gasteiger partial charge is 0.481 e. The van der Waals surface area contributed by atoms with Gasteiger partial charge in [0.15, 0.2) is 0 Å². The molecule has 0 saturated heterocycles. The molecular formula is C30H29ClF2N2O3. The Morgan fingerprint density at radius 2 is 1.82 bits per heavy atom. The van der Waals surface area contributed by atoms with Crippen LogP contribution in [0.2, 0.25) is 5.02 Å². The Morgan fingerprint density at radius 1 is 1.05 bits per heavy atom. The van der Waals surface area contributed by atoms with Crippen LogP contribution in [-0.2, 0) is 4.79 Å². The second-order valence-corrected chi connectivity index (χ2v) is 9.79. The van der Waals surface area contributed by atoms with Crippen molar-refractivity contribution in [2.75, 3.05) is 6.54 Å². The van der Waals surface area contributed by atoms with E-state index in [9.17, 15) is 18.4 Å². The van der Waals surface area contributed by atoms with E-state index in [1.165, 1.54) is 6.07 Å². The van der Waals surface area contributed by atoms with E-state index in [0.717, 1.165) is 42.0 Å². The number of halogens is 3. The lowest BCUT2D eigenvalue weighted by atomic mass is 9.74. The average molecular weight is 539 g/mol. The number of carbonyl (C=O) groups excluding carboxylic acids is 1. The number of hydrogen-bond donors (Lipinski definition) is 3. The fraction of sp³-hybridized carbons (Fsp3) is 0.267. The van der Waals surface area contributed by atoms with E-state index in [0.29, 0.717) is 16.0 Å². The first kappa shape index (κ1) is 27.3. The minimum absolute atomic E-state index is 0.0412. The number of aromatic nitrogens is 1. The zero-order valence-electron chi connectivity index (χ0n) is 20.9. The van der Waals surface area contributed by atoms with Gasteiger partial charge in [-0.2, -0.15) is 0 Å². The van der Waals surface area contributed by atoms with Crippen LogP contribution < -0.4 is 5.32 Å². The number of benzene rings is 3. The van der Waals surface area contributed by atoms with Gasteiger partial charge in [-0.3, -0.25) is 9.59 Å². The van der Waals surface area contributed by atoms with Crippen molar-refractivity contribution in [2.24, 2.45) is 0 Å². The van der Waals surface area contributed by atoms with Crippen LogP contribution in [0.3, 0.4) is 0 Å². The molecule has 2 unspecified atom stereocenters. The summed E-state index contributed by atoms with van der Waals surface area (Å²) in [6.45, 7) is 2.14. The number of carboxylic acids is 1. The number of aliphatic carboxylic acids is 1. The molecular weight excluding hydrogens is 510 g/mol. The predicted molar refractivity (Wildman–Crippen MR) is 145 cm³/mol. The molecule has 3 N–H and O–H groups in total. The average Bonchev–Trinajstić information content (AvgIpc) is 3.30. The fourth-order valence-corrected chi connectivity index (χ4v) is 5.18. The Bertz CT molecular complexity index is 1440. The molecule has 1 aromatic heterocycles. The topological polar surface area (TPSA) is 82.2 Å². The van der Waals surface area contributed by atoms with Gasteiger partial charge in [0.2, 0.25) is 0 Å². The minimum Gasteiger partial charge on any atom is -0.481 e. The molecule has 0 saturated carbocycles. The summed E-state index contributed by atoms with van der Waals surface area (Å²) < 4.78 is 28.9. The first-order valence-corrected chi connectivity index (χ1v) is 13.0. The molecule has 0 bridgehead atoms. The van der Waals surface area contributed by atoms with E-state index >= 15 is 0 Å². The summed E-state index contributed by atoms with van der Waals surface area (Å²) in [4.78, 5) is 26.2. The maximum absolute atomic E-state index is 14.6. The minimum atomic E-state index is -0.983. The van der Waals surface area contributed by atoms with Crippen molar-refractivity contribution < 1.29 is 23.5 Å². The lowest BCUT2D eigenvalue weighted by Crippen LogP contribution is -2.26. The van der Waals surface area contributed by atoms with E-state index in [1.807, 2.05) is 30.3 Å². The molecule has 0 spiro atoms. The van der Waals surface area contributed by atoms with Gasteiger partial charge in [0.1, 0.15) is 11.6 Å². The van der Waals surface area contributed by atoms with Crippen LogP contribution in [0.5, 0.6) is 0 Å². The highest BCUT2D eigenvalue weighted by Crippen LogP contribution is 2.45. The Morgan fingerprint density at radius 3 is 2.50 bits per heavy atom. The Labute approximate surface area is 224 Å². The highest BCUT2D eigenvalue weighted by atomic mass is 35.5. The normalized spacial score (nSPS) is 12.8. The molecule has 0 aliphatic rings. The van der Waals surface area contributed by atoms with Crippen LogP contribution in [0.25, 0.3) is 10.9 Å². The number of aromatic amines is 1. The summed E-state index contributed by atoms with van der Waals surface area (Å²) in [5.41, 5.74) is 3.31. The molecule has 2 atom stereocenters. The summed E-state index contributed by atoms with van der Waals surface area (Å²) in [5.74, 6) is -2.99. The number of carbonyl (C=O) groups is 2. The number of fused-ring (bicyclic) bond motifs is 1. The van der Waals surface area contributed by atoms with Gasteiger partial charge in [0, 0.05) is 40.7 Å². The number of amides is 1. The molecule has 38 heavy (non-hydrogen) atoms. The van der Waals surface area contributed by atoms with Crippen molar-refractivity contribution in [3.63, 3.8) is 0 Å². The lowest BCUT2D eigenvalue weighted by Gasteiger charge is -2.29. The van der Waals surface area contributed by atoms with Crippen molar-refractivity contribution in [1.82, 2.24) is 10.3 Å². The third-order valence-electron chi connectivity index (χ3n) is 6.78. The van der Waals surface area contributed by atoms with Gasteiger partial charge in [-0.1, -0.05) is 55.6 Å². The summed E-state index contributed by atoms with van der Waals surface area (Å²) in [5, 5.41) is 12.4. The van der Waals surface area contributed by atoms with Crippen molar-refractivity contribution in [3.8, 4) is 0 Å². The molecule has 8 heteroatoms. The van der Waals surface area contributed by atoms with Gasteiger partial charge >= 0.3 is 5.97 Å². The maximum atomic E-state index is 14.6. The molecule has 5 nitrogen and oxygen atoms in total. The van der Waals surface area contributed by atoms with E-state index in [-0.39, 0.29) is 36.2 Å². The number of carboxylic acid groups (broad SMARTS) is 1. The monoisotopic (exact) mass is 538 g/mol. The van der Waals surface area contributed by atoms with Gasteiger partial charge in [0.25, 0.3) is 5.91 Å². The van der Waals surface area contributed by atoms with Crippen molar-refractivity contribution in [2.45, 2.75) is 44.4 Å². The smallest absolute Gasteiger partial charge is 0.305 e. The van der Waals surface area contributed by atoms with Crippen LogP contribution >= 0.6 is 11.6 Å². The highest BCUT2D eigenvalue weighted by Gasteiger charge is 2.29. The number of rotatable bonds is 11.